The summed E-state index contributed by atoms with van der Waals surface area (Å²) in [7, 11) is 1.61. The number of carbonyl (C=O) groups is 1. The van der Waals surface area contributed by atoms with Gasteiger partial charge in [0, 0.05) is 21.9 Å². The Morgan fingerprint density at radius 1 is 1.14 bits per heavy atom. The van der Waals surface area contributed by atoms with Crippen LogP contribution >= 0.6 is 15.9 Å². The van der Waals surface area contributed by atoms with Crippen LogP contribution in [-0.2, 0) is 4.79 Å². The first-order valence-electron chi connectivity index (χ1n) is 6.55. The van der Waals surface area contributed by atoms with E-state index in [1.165, 1.54) is 0 Å². The molecular weight excluding hydrogens is 332 g/mol. The Morgan fingerprint density at radius 2 is 1.86 bits per heavy atom. The van der Waals surface area contributed by atoms with E-state index in [4.69, 9.17) is 4.74 Å². The van der Waals surface area contributed by atoms with Crippen LogP contribution in [0.25, 0.3) is 0 Å². The van der Waals surface area contributed by atoms with Crippen LogP contribution in [0.1, 0.15) is 6.92 Å². The highest BCUT2D eigenvalue weighted by atomic mass is 79.9. The van der Waals surface area contributed by atoms with Gasteiger partial charge in [0.2, 0.25) is 5.91 Å². The quantitative estimate of drug-likeness (QED) is 0.861. The molecule has 5 heteroatoms. The Bertz CT molecular complexity index is 614. The first-order valence-corrected chi connectivity index (χ1v) is 7.35. The zero-order chi connectivity index (χ0) is 15.2. The molecule has 0 bridgehead atoms. The van der Waals surface area contributed by atoms with E-state index in [0.717, 1.165) is 21.6 Å². The van der Waals surface area contributed by atoms with E-state index in [-0.39, 0.29) is 11.9 Å². The van der Waals surface area contributed by atoms with Crippen molar-refractivity contribution in [3.8, 4) is 5.75 Å². The van der Waals surface area contributed by atoms with Crippen molar-refractivity contribution in [2.24, 2.45) is 0 Å². The maximum Gasteiger partial charge on any atom is 0.246 e. The molecule has 0 radical (unpaired) electrons. The Labute approximate surface area is 132 Å². The average Bonchev–Trinajstić information content (AvgIpc) is 2.49. The van der Waals surface area contributed by atoms with Gasteiger partial charge in [0.1, 0.15) is 11.8 Å². The first kappa shape index (κ1) is 15.4. The van der Waals surface area contributed by atoms with Gasteiger partial charge in [0.15, 0.2) is 0 Å². The molecule has 2 aromatic carbocycles. The maximum absolute atomic E-state index is 12.1. The number of nitrogens with one attached hydrogen (secondary N) is 2. The van der Waals surface area contributed by atoms with Gasteiger partial charge in [-0.1, -0.05) is 22.0 Å². The zero-order valence-corrected chi connectivity index (χ0v) is 13.5. The van der Waals surface area contributed by atoms with E-state index in [9.17, 15) is 4.79 Å². The number of benzene rings is 2. The fourth-order valence-electron chi connectivity index (χ4n) is 1.81. The van der Waals surface area contributed by atoms with Gasteiger partial charge in [-0.3, -0.25) is 4.79 Å². The molecule has 0 aliphatic carbocycles. The minimum absolute atomic E-state index is 0.0971. The number of rotatable bonds is 5. The van der Waals surface area contributed by atoms with Crippen LogP contribution in [0.4, 0.5) is 11.4 Å². The van der Waals surface area contributed by atoms with Crippen LogP contribution in [-0.4, -0.2) is 19.1 Å². The van der Waals surface area contributed by atoms with Crippen LogP contribution in [0.5, 0.6) is 5.75 Å². The number of hydrogen-bond acceptors (Lipinski definition) is 3. The van der Waals surface area contributed by atoms with Crippen molar-refractivity contribution in [2.75, 3.05) is 17.7 Å². The number of halogens is 1. The highest BCUT2D eigenvalue weighted by Crippen LogP contribution is 2.18. The molecular formula is C16H17BrN2O2. The van der Waals surface area contributed by atoms with Gasteiger partial charge in [-0.05, 0) is 43.3 Å². The Kier molecular flexibility index (Phi) is 5.22. The Morgan fingerprint density at radius 3 is 2.52 bits per heavy atom. The minimum atomic E-state index is -0.360. The normalized spacial score (nSPS) is 11.6. The van der Waals surface area contributed by atoms with E-state index < -0.39 is 0 Å². The van der Waals surface area contributed by atoms with Gasteiger partial charge < -0.3 is 15.4 Å². The van der Waals surface area contributed by atoms with Crippen molar-refractivity contribution in [1.82, 2.24) is 0 Å². The smallest absolute Gasteiger partial charge is 0.246 e. The standard InChI is InChI=1S/C16H17BrN2O2/c1-11(18-14-4-3-5-15(10-14)21-2)16(20)19-13-8-6-12(17)7-9-13/h3-11,18H,1-2H3,(H,19,20)/t11-/m1/s1. The fourth-order valence-corrected chi connectivity index (χ4v) is 2.08. The van der Waals surface area contributed by atoms with Gasteiger partial charge in [0.05, 0.1) is 7.11 Å². The third-order valence-corrected chi connectivity index (χ3v) is 3.49. The molecule has 0 aliphatic rings. The van der Waals surface area contributed by atoms with Gasteiger partial charge in [0.25, 0.3) is 0 Å². The van der Waals surface area contributed by atoms with Crippen molar-refractivity contribution in [3.63, 3.8) is 0 Å². The van der Waals surface area contributed by atoms with Gasteiger partial charge in [-0.25, -0.2) is 0 Å². The lowest BCUT2D eigenvalue weighted by molar-refractivity contribution is -0.116. The molecule has 0 fully saturated rings. The van der Waals surface area contributed by atoms with E-state index in [1.54, 1.807) is 7.11 Å². The molecule has 2 N–H and O–H groups in total. The van der Waals surface area contributed by atoms with E-state index >= 15 is 0 Å². The van der Waals surface area contributed by atoms with Crippen LogP contribution in [0.3, 0.4) is 0 Å². The van der Waals surface area contributed by atoms with E-state index in [2.05, 4.69) is 26.6 Å². The highest BCUT2D eigenvalue weighted by molar-refractivity contribution is 9.10. The molecule has 0 heterocycles. The molecule has 0 spiro atoms. The summed E-state index contributed by atoms with van der Waals surface area (Å²) >= 11 is 3.36. The zero-order valence-electron chi connectivity index (χ0n) is 11.9. The number of hydrogen-bond donors (Lipinski definition) is 2. The Balaban J connectivity index is 1.97. The monoisotopic (exact) mass is 348 g/mol. The fraction of sp³-hybridized carbons (Fsp3) is 0.188. The molecule has 1 amide bonds. The number of carbonyl (C=O) groups excluding carboxylic acids is 1. The number of amides is 1. The molecule has 0 saturated carbocycles. The van der Waals surface area contributed by atoms with Crippen molar-refractivity contribution >= 4 is 33.2 Å². The molecule has 1 atom stereocenters. The maximum atomic E-state index is 12.1. The lowest BCUT2D eigenvalue weighted by atomic mass is 10.2. The molecule has 0 saturated heterocycles. The second kappa shape index (κ2) is 7.13. The van der Waals surface area contributed by atoms with Crippen LogP contribution in [0.2, 0.25) is 0 Å². The van der Waals surface area contributed by atoms with Crippen molar-refractivity contribution < 1.29 is 9.53 Å². The van der Waals surface area contributed by atoms with E-state index in [0.29, 0.717) is 0 Å². The van der Waals surface area contributed by atoms with Crippen LogP contribution in [0, 0.1) is 0 Å². The number of methoxy groups -OCH3 is 1. The topological polar surface area (TPSA) is 50.4 Å². The second-order valence-electron chi connectivity index (χ2n) is 4.59. The summed E-state index contributed by atoms with van der Waals surface area (Å²) in [4.78, 5) is 12.1. The predicted molar refractivity (Wildman–Crippen MR) is 88.9 cm³/mol. The minimum Gasteiger partial charge on any atom is -0.497 e. The molecule has 2 rings (SSSR count). The van der Waals surface area contributed by atoms with Gasteiger partial charge in [-0.2, -0.15) is 0 Å². The summed E-state index contributed by atoms with van der Waals surface area (Å²) in [6.45, 7) is 1.81. The SMILES string of the molecule is COc1cccc(N[C@H](C)C(=O)Nc2ccc(Br)cc2)c1. The first-order chi connectivity index (χ1) is 10.1. The molecule has 0 aromatic heterocycles. The van der Waals surface area contributed by atoms with Crippen molar-refractivity contribution in [3.05, 3.63) is 53.0 Å². The summed E-state index contributed by atoms with van der Waals surface area (Å²) < 4.78 is 6.13. The highest BCUT2D eigenvalue weighted by Gasteiger charge is 2.13. The molecule has 21 heavy (non-hydrogen) atoms. The third-order valence-electron chi connectivity index (χ3n) is 2.96. The van der Waals surface area contributed by atoms with Gasteiger partial charge in [-0.15, -0.1) is 0 Å². The molecule has 110 valence electrons. The summed E-state index contributed by atoms with van der Waals surface area (Å²) in [6, 6.07) is 14.6. The predicted octanol–water partition coefficient (Wildman–Crippen LogP) is 3.90. The third kappa shape index (κ3) is 4.49. The number of anilines is 2. The second-order valence-corrected chi connectivity index (χ2v) is 5.51. The molecule has 4 nitrogen and oxygen atoms in total. The average molecular weight is 349 g/mol. The van der Waals surface area contributed by atoms with Gasteiger partial charge >= 0.3 is 0 Å². The van der Waals surface area contributed by atoms with Crippen LogP contribution < -0.4 is 15.4 Å². The Hall–Kier alpha value is -2.01. The number of ether oxygens (including phenoxy) is 1. The summed E-state index contributed by atoms with van der Waals surface area (Å²) in [6.07, 6.45) is 0. The molecule has 0 aliphatic heterocycles. The van der Waals surface area contributed by atoms with Crippen LogP contribution in [0.15, 0.2) is 53.0 Å². The summed E-state index contributed by atoms with van der Waals surface area (Å²) in [5.41, 5.74) is 1.61. The summed E-state index contributed by atoms with van der Waals surface area (Å²) in [5.74, 6) is 0.653. The van der Waals surface area contributed by atoms with Crippen molar-refractivity contribution in [1.29, 1.82) is 0 Å². The van der Waals surface area contributed by atoms with Crippen molar-refractivity contribution in [2.45, 2.75) is 13.0 Å². The summed E-state index contributed by atoms with van der Waals surface area (Å²) in [5, 5.41) is 6.01. The molecule has 2 aromatic rings. The molecule has 0 unspecified atom stereocenters. The lowest BCUT2D eigenvalue weighted by Gasteiger charge is -2.16. The lowest BCUT2D eigenvalue weighted by Crippen LogP contribution is -2.31. The largest absolute Gasteiger partial charge is 0.497 e. The van der Waals surface area contributed by atoms with E-state index in [1.807, 2.05) is 55.5 Å².